The Morgan fingerprint density at radius 3 is 2.56 bits per heavy atom. The second-order valence-electron chi connectivity index (χ2n) is 4.44. The normalized spacial score (nSPS) is 25.4. The van der Waals surface area contributed by atoms with Gasteiger partial charge in [-0.3, -0.25) is 4.79 Å². The van der Waals surface area contributed by atoms with Gasteiger partial charge in [0.25, 0.3) is 0 Å². The second kappa shape index (κ2) is 5.16. The Hall–Kier alpha value is -1.30. The number of carbonyl (C=O) groups excluding carboxylic acids is 2. The van der Waals surface area contributed by atoms with Crippen molar-refractivity contribution >= 4 is 11.9 Å². The number of likely N-dealkylation sites (N-methyl/N-ethyl adjacent to an activating group) is 1. The standard InChI is InChI=1S/C10H19N3O3/c1-6(12-10(11)16)9(15)13(2)5-7-3-8(14)4-7/h6-8,14H,3-5H2,1-2H3,(H3,11,12,16). The SMILES string of the molecule is CC(NC(N)=O)C(=O)N(C)CC1CC(O)C1. The Bertz CT molecular complexity index is 276. The molecule has 0 saturated heterocycles. The van der Waals surface area contributed by atoms with Crippen LogP contribution in [-0.4, -0.2) is 47.7 Å². The average Bonchev–Trinajstić information content (AvgIpc) is 2.12. The van der Waals surface area contributed by atoms with Crippen LogP contribution in [0.1, 0.15) is 19.8 Å². The van der Waals surface area contributed by atoms with E-state index in [2.05, 4.69) is 5.32 Å². The molecule has 1 rings (SSSR count). The number of primary amides is 1. The molecule has 1 atom stereocenters. The van der Waals surface area contributed by atoms with Crippen molar-refractivity contribution in [2.45, 2.75) is 31.9 Å². The zero-order chi connectivity index (χ0) is 12.3. The summed E-state index contributed by atoms with van der Waals surface area (Å²) in [5.41, 5.74) is 4.93. The summed E-state index contributed by atoms with van der Waals surface area (Å²) in [5, 5.41) is 11.5. The molecule has 1 saturated carbocycles. The molecule has 6 heteroatoms. The van der Waals surface area contributed by atoms with Crippen molar-refractivity contribution in [3.63, 3.8) is 0 Å². The topological polar surface area (TPSA) is 95.7 Å². The molecule has 4 N–H and O–H groups in total. The maximum Gasteiger partial charge on any atom is 0.312 e. The lowest BCUT2D eigenvalue weighted by atomic mass is 9.82. The molecule has 0 aliphatic heterocycles. The number of hydrogen-bond acceptors (Lipinski definition) is 3. The minimum atomic E-state index is -0.701. The lowest BCUT2D eigenvalue weighted by Crippen LogP contribution is -2.49. The second-order valence-corrected chi connectivity index (χ2v) is 4.44. The van der Waals surface area contributed by atoms with E-state index < -0.39 is 12.1 Å². The van der Waals surface area contributed by atoms with Crippen LogP contribution < -0.4 is 11.1 Å². The molecule has 0 aromatic carbocycles. The van der Waals surface area contributed by atoms with Gasteiger partial charge in [-0.25, -0.2) is 4.79 Å². The molecule has 0 aromatic heterocycles. The van der Waals surface area contributed by atoms with E-state index in [1.165, 1.54) is 0 Å². The van der Waals surface area contributed by atoms with Gasteiger partial charge < -0.3 is 21.1 Å². The van der Waals surface area contributed by atoms with Gasteiger partial charge in [-0.1, -0.05) is 0 Å². The van der Waals surface area contributed by atoms with Gasteiger partial charge in [-0.2, -0.15) is 0 Å². The van der Waals surface area contributed by atoms with Gasteiger partial charge in [0.15, 0.2) is 0 Å². The molecule has 0 aromatic rings. The van der Waals surface area contributed by atoms with Crippen LogP contribution >= 0.6 is 0 Å². The van der Waals surface area contributed by atoms with Crippen LogP contribution in [0.2, 0.25) is 0 Å². The highest BCUT2D eigenvalue weighted by Crippen LogP contribution is 2.27. The van der Waals surface area contributed by atoms with E-state index in [0.29, 0.717) is 12.5 Å². The van der Waals surface area contributed by atoms with Crippen LogP contribution in [0, 0.1) is 5.92 Å². The van der Waals surface area contributed by atoms with Gasteiger partial charge in [0, 0.05) is 13.6 Å². The van der Waals surface area contributed by atoms with Gasteiger partial charge in [-0.05, 0) is 25.7 Å². The van der Waals surface area contributed by atoms with Crippen molar-refractivity contribution in [1.82, 2.24) is 10.2 Å². The summed E-state index contributed by atoms with van der Waals surface area (Å²) in [6.45, 7) is 2.21. The van der Waals surface area contributed by atoms with Crippen LogP contribution in [0.4, 0.5) is 4.79 Å². The highest BCUT2D eigenvalue weighted by molar-refractivity contribution is 5.86. The van der Waals surface area contributed by atoms with Crippen molar-refractivity contribution in [1.29, 1.82) is 0 Å². The Morgan fingerprint density at radius 2 is 2.12 bits per heavy atom. The average molecular weight is 229 g/mol. The van der Waals surface area contributed by atoms with Gasteiger partial charge in [0.05, 0.1) is 6.10 Å². The Morgan fingerprint density at radius 1 is 1.56 bits per heavy atom. The molecular weight excluding hydrogens is 210 g/mol. The first kappa shape index (κ1) is 12.8. The number of nitrogens with two attached hydrogens (primary N) is 1. The molecule has 1 aliphatic rings. The molecule has 6 nitrogen and oxygen atoms in total. The highest BCUT2D eigenvalue weighted by atomic mass is 16.3. The third-order valence-electron chi connectivity index (χ3n) is 2.85. The summed E-state index contributed by atoms with van der Waals surface area (Å²) in [7, 11) is 1.69. The Balaban J connectivity index is 2.32. The fourth-order valence-electron chi connectivity index (χ4n) is 1.93. The highest BCUT2D eigenvalue weighted by Gasteiger charge is 2.30. The minimum Gasteiger partial charge on any atom is -0.393 e. The van der Waals surface area contributed by atoms with Crippen molar-refractivity contribution in [2.24, 2.45) is 11.7 Å². The van der Waals surface area contributed by atoms with Gasteiger partial charge >= 0.3 is 6.03 Å². The molecule has 0 spiro atoms. The smallest absolute Gasteiger partial charge is 0.312 e. The summed E-state index contributed by atoms with van der Waals surface area (Å²) >= 11 is 0. The lowest BCUT2D eigenvalue weighted by Gasteiger charge is -2.35. The number of hydrogen-bond donors (Lipinski definition) is 3. The minimum absolute atomic E-state index is 0.166. The molecule has 0 heterocycles. The molecule has 0 bridgehead atoms. The Kier molecular flexibility index (Phi) is 4.12. The van der Waals surface area contributed by atoms with E-state index in [1.807, 2.05) is 0 Å². The molecule has 16 heavy (non-hydrogen) atoms. The first-order valence-electron chi connectivity index (χ1n) is 5.39. The van der Waals surface area contributed by atoms with Gasteiger partial charge in [0.2, 0.25) is 5.91 Å². The quantitative estimate of drug-likeness (QED) is 0.593. The summed E-state index contributed by atoms with van der Waals surface area (Å²) < 4.78 is 0. The van der Waals surface area contributed by atoms with Crippen molar-refractivity contribution in [3.8, 4) is 0 Å². The number of amides is 3. The summed E-state index contributed by atoms with van der Waals surface area (Å²) in [5.74, 6) is 0.199. The number of carbonyl (C=O) groups is 2. The van der Waals surface area contributed by atoms with Crippen molar-refractivity contribution < 1.29 is 14.7 Å². The van der Waals surface area contributed by atoms with E-state index in [4.69, 9.17) is 10.8 Å². The molecule has 3 amide bonds. The molecule has 0 radical (unpaired) electrons. The molecule has 1 unspecified atom stereocenters. The number of nitrogens with one attached hydrogen (secondary N) is 1. The molecule has 1 fully saturated rings. The van der Waals surface area contributed by atoms with E-state index in [-0.39, 0.29) is 12.0 Å². The van der Waals surface area contributed by atoms with Gasteiger partial charge in [-0.15, -0.1) is 0 Å². The third-order valence-corrected chi connectivity index (χ3v) is 2.85. The third kappa shape index (κ3) is 3.37. The fourth-order valence-corrected chi connectivity index (χ4v) is 1.93. The first-order valence-corrected chi connectivity index (χ1v) is 5.39. The van der Waals surface area contributed by atoms with Crippen molar-refractivity contribution in [3.05, 3.63) is 0 Å². The van der Waals surface area contributed by atoms with E-state index >= 15 is 0 Å². The van der Waals surface area contributed by atoms with Crippen LogP contribution in [0.5, 0.6) is 0 Å². The largest absolute Gasteiger partial charge is 0.393 e. The summed E-state index contributed by atoms with van der Waals surface area (Å²) in [6, 6.07) is -1.30. The van der Waals surface area contributed by atoms with E-state index in [9.17, 15) is 9.59 Å². The van der Waals surface area contributed by atoms with E-state index in [1.54, 1.807) is 18.9 Å². The molecule has 1 aliphatic carbocycles. The van der Waals surface area contributed by atoms with E-state index in [0.717, 1.165) is 12.8 Å². The predicted molar refractivity (Wildman–Crippen MR) is 58.5 cm³/mol. The summed E-state index contributed by atoms with van der Waals surface area (Å²) in [4.78, 5) is 23.9. The number of nitrogens with zero attached hydrogens (tertiary/aromatic N) is 1. The zero-order valence-electron chi connectivity index (χ0n) is 9.64. The van der Waals surface area contributed by atoms with Crippen LogP contribution in [0.25, 0.3) is 0 Å². The molecular formula is C10H19N3O3. The van der Waals surface area contributed by atoms with Gasteiger partial charge in [0.1, 0.15) is 6.04 Å². The van der Waals surface area contributed by atoms with Crippen LogP contribution in [0.15, 0.2) is 0 Å². The monoisotopic (exact) mass is 229 g/mol. The number of urea groups is 1. The maximum absolute atomic E-state index is 11.7. The Labute approximate surface area is 94.8 Å². The number of rotatable bonds is 4. The first-order chi connectivity index (χ1) is 7.40. The fraction of sp³-hybridized carbons (Fsp3) is 0.800. The number of aliphatic hydroxyl groups is 1. The predicted octanol–water partition coefficient (Wildman–Crippen LogP) is -0.727. The number of aliphatic hydroxyl groups excluding tert-OH is 1. The van der Waals surface area contributed by atoms with Crippen LogP contribution in [-0.2, 0) is 4.79 Å². The zero-order valence-corrected chi connectivity index (χ0v) is 9.64. The summed E-state index contributed by atoms with van der Waals surface area (Å²) in [6.07, 6.45) is 1.28. The maximum atomic E-state index is 11.7. The van der Waals surface area contributed by atoms with Crippen LogP contribution in [0.3, 0.4) is 0 Å². The molecule has 92 valence electrons. The lowest BCUT2D eigenvalue weighted by molar-refractivity contribution is -0.133. The van der Waals surface area contributed by atoms with Crippen molar-refractivity contribution in [2.75, 3.05) is 13.6 Å².